The molecule has 2 amide bonds. The maximum atomic E-state index is 13.9. The van der Waals surface area contributed by atoms with E-state index in [1.165, 1.54) is 14.2 Å². The molecule has 0 radical (unpaired) electrons. The van der Waals surface area contributed by atoms with Gasteiger partial charge in [-0.1, -0.05) is 202 Å². The molecule has 6 aromatic rings. The van der Waals surface area contributed by atoms with Crippen molar-refractivity contribution in [1.29, 1.82) is 5.41 Å². The molecular weight excluding hydrogens is 1080 g/mol. The topological polar surface area (TPSA) is 190 Å². The van der Waals surface area contributed by atoms with Crippen LogP contribution in [0.3, 0.4) is 0 Å². The lowest BCUT2D eigenvalue weighted by molar-refractivity contribution is -0.151. The van der Waals surface area contributed by atoms with Crippen molar-refractivity contribution in [3.05, 3.63) is 215 Å². The van der Waals surface area contributed by atoms with E-state index < -0.39 is 51.9 Å². The minimum atomic E-state index is -5.09. The quantitative estimate of drug-likeness (QED) is 0.0406. The Morgan fingerprint density at radius 3 is 1.20 bits per heavy atom. The molecule has 2 N–H and O–H groups in total. The highest BCUT2D eigenvalue weighted by Gasteiger charge is 2.53. The zero-order valence-electron chi connectivity index (χ0n) is 46.4. The van der Waals surface area contributed by atoms with E-state index >= 15 is 0 Å². The number of rotatable bonds is 16. The van der Waals surface area contributed by atoms with Crippen molar-refractivity contribution in [2.45, 2.75) is 82.0 Å². The molecule has 6 aromatic carbocycles. The number of halogens is 3. The summed E-state index contributed by atoms with van der Waals surface area (Å²) in [7, 11) is -5.35. The van der Waals surface area contributed by atoms with Crippen LogP contribution in [0.25, 0.3) is 0 Å². The fourth-order valence-corrected chi connectivity index (χ4v) is 12.0. The lowest BCUT2D eigenvalue weighted by atomic mass is 9.90. The number of nitrogens with zero attached hydrogens (tertiary/aromatic N) is 2. The molecule has 0 spiro atoms. The number of nitrogens with one attached hydrogen (secondary N) is 1. The minimum absolute atomic E-state index is 0.0569. The zero-order chi connectivity index (χ0) is 59.2. The Balaban J connectivity index is 0.000000221. The van der Waals surface area contributed by atoms with E-state index in [1.807, 2.05) is 182 Å². The maximum Gasteiger partial charge on any atom is 0.490 e. The Labute approximate surface area is 473 Å². The number of carbonyl (C=O) groups excluding carboxylic acids is 4. The molecule has 0 unspecified atom stereocenters. The third-order valence-electron chi connectivity index (χ3n) is 13.4. The molecule has 2 aliphatic rings. The van der Waals surface area contributed by atoms with Crippen LogP contribution in [-0.2, 0) is 60.6 Å². The van der Waals surface area contributed by atoms with Crippen molar-refractivity contribution < 1.29 is 64.8 Å². The number of benzene rings is 6. The SMILES string of the molecule is CC(=N)OCc1ccccc1.COC(=O)[C@@H]1C[C@H](CO)CN1C(=O)C(c1ccccc1)c1ccccc1.COC(=O)[C@@H]1C[C@H](COCc2ccccc2)CN1C(=O)C(c1ccccc1)c1ccccc1.C[Si](C)(C)S(=O)(=O)C(F)(F)F. The van der Waals surface area contributed by atoms with E-state index in [4.69, 9.17) is 24.4 Å². The molecule has 19 heteroatoms. The molecule has 2 heterocycles. The van der Waals surface area contributed by atoms with Gasteiger partial charge in [-0.05, 0) is 46.2 Å². The molecule has 4 atom stereocenters. The van der Waals surface area contributed by atoms with E-state index in [9.17, 15) is 45.9 Å². The molecule has 432 valence electrons. The van der Waals surface area contributed by atoms with Crippen molar-refractivity contribution in [3.63, 3.8) is 0 Å². The molecule has 0 aliphatic carbocycles. The number of alkyl halides is 3. The van der Waals surface area contributed by atoms with E-state index in [-0.39, 0.29) is 42.1 Å². The minimum Gasteiger partial charge on any atom is -0.477 e. The highest BCUT2D eigenvalue weighted by molar-refractivity contribution is 8.22. The second-order valence-electron chi connectivity index (χ2n) is 20.3. The van der Waals surface area contributed by atoms with Crippen LogP contribution in [0.1, 0.15) is 65.0 Å². The third kappa shape index (κ3) is 18.5. The summed E-state index contributed by atoms with van der Waals surface area (Å²) in [5.74, 6) is -1.83. The lowest BCUT2D eigenvalue weighted by Gasteiger charge is -2.28. The Morgan fingerprint density at radius 2 is 0.901 bits per heavy atom. The first-order valence-electron chi connectivity index (χ1n) is 26.3. The Morgan fingerprint density at radius 1 is 0.580 bits per heavy atom. The van der Waals surface area contributed by atoms with Crippen LogP contribution in [-0.4, -0.2) is 118 Å². The highest BCUT2D eigenvalue weighted by Crippen LogP contribution is 2.35. The number of likely N-dealkylation sites (tertiary alicyclic amines) is 2. The lowest BCUT2D eigenvalue weighted by Crippen LogP contribution is -2.43. The number of amides is 2. The number of aliphatic hydroxyl groups excluding tert-OH is 1. The zero-order valence-corrected chi connectivity index (χ0v) is 48.2. The molecule has 2 saturated heterocycles. The summed E-state index contributed by atoms with van der Waals surface area (Å²) in [6, 6.07) is 57.0. The molecule has 2 fully saturated rings. The monoisotopic (exact) mass is 1150 g/mol. The number of ether oxygens (including phenoxy) is 4. The standard InChI is InChI=1S/C28H29NO4.C21H23NO4.C9H11NO.C4H9F3O2SSi/c1-32-28(31)25-17-22(20-33-19-21-11-5-2-6-12-21)18-29(25)27(30)26(23-13-7-3-8-14-23)24-15-9-4-10-16-24;1-26-21(25)18-12-15(14-23)13-22(18)20(24)19(16-8-4-2-5-9-16)17-10-6-3-7-11-17;1-8(10)11-7-9-5-3-2-4-6-9;1-11(2,3)10(8,9)4(5,6)7/h2-16,22,25-26H,17-20H2,1H3;2-11,15,18-19,23H,12-14H2,1H3;2-6,10H,7H2,1H3;1-3H3/t22-,25-;15-,18-;;/m00../s1. The number of hydrogen-bond donors (Lipinski definition) is 2. The highest BCUT2D eigenvalue weighted by atomic mass is 32.4. The second-order valence-corrected chi connectivity index (χ2v) is 31.3. The molecular formula is C62H72F3N3O11SSi. The van der Waals surface area contributed by atoms with Crippen LogP contribution in [0.4, 0.5) is 13.2 Å². The molecule has 0 saturated carbocycles. The fourth-order valence-electron chi connectivity index (χ4n) is 9.20. The summed E-state index contributed by atoms with van der Waals surface area (Å²) in [4.78, 5) is 55.4. The van der Waals surface area contributed by atoms with Gasteiger partial charge in [-0.15, -0.1) is 0 Å². The first kappa shape index (κ1) is 64.4. The van der Waals surface area contributed by atoms with Crippen molar-refractivity contribution in [2.75, 3.05) is 40.5 Å². The Kier molecular flexibility index (Phi) is 24.6. The number of esters is 2. The summed E-state index contributed by atoms with van der Waals surface area (Å²) >= 11 is 0. The first-order valence-corrected chi connectivity index (χ1v) is 32.0. The van der Waals surface area contributed by atoms with E-state index in [0.29, 0.717) is 45.8 Å². The average molecular weight is 1150 g/mol. The molecule has 8 rings (SSSR count). The van der Waals surface area contributed by atoms with Crippen LogP contribution < -0.4 is 0 Å². The first-order chi connectivity index (χ1) is 38.6. The van der Waals surface area contributed by atoms with Crippen LogP contribution in [0.5, 0.6) is 0 Å². The smallest absolute Gasteiger partial charge is 0.477 e. The normalized spacial score (nSPS) is 16.8. The van der Waals surface area contributed by atoms with Gasteiger partial charge < -0.3 is 33.9 Å². The van der Waals surface area contributed by atoms with Gasteiger partial charge in [-0.3, -0.25) is 15.0 Å². The van der Waals surface area contributed by atoms with Gasteiger partial charge >= 0.3 is 17.4 Å². The van der Waals surface area contributed by atoms with Crippen molar-refractivity contribution in [2.24, 2.45) is 11.8 Å². The number of carbonyl (C=O) groups is 4. The van der Waals surface area contributed by atoms with Crippen molar-refractivity contribution in [3.8, 4) is 0 Å². The van der Waals surface area contributed by atoms with Gasteiger partial charge in [0, 0.05) is 38.5 Å². The van der Waals surface area contributed by atoms with Crippen molar-refractivity contribution >= 4 is 46.2 Å². The fraction of sp³-hybridized carbons (Fsp3) is 0.339. The van der Waals surface area contributed by atoms with Crippen molar-refractivity contribution in [1.82, 2.24) is 9.80 Å². The number of aliphatic hydroxyl groups is 1. The van der Waals surface area contributed by atoms with Gasteiger partial charge in [-0.2, -0.15) is 13.2 Å². The van der Waals surface area contributed by atoms with E-state index in [0.717, 1.165) is 53.0 Å². The van der Waals surface area contributed by atoms with Gasteiger partial charge in [0.05, 0.1) is 39.3 Å². The van der Waals surface area contributed by atoms with Gasteiger partial charge in [0.2, 0.25) is 21.1 Å². The molecule has 81 heavy (non-hydrogen) atoms. The predicted octanol–water partition coefficient (Wildman–Crippen LogP) is 10.6. The van der Waals surface area contributed by atoms with Crippen LogP contribution in [0.2, 0.25) is 19.6 Å². The summed E-state index contributed by atoms with van der Waals surface area (Å²) in [6.07, 6.45) is 0.953. The molecule has 0 bridgehead atoms. The predicted molar refractivity (Wildman–Crippen MR) is 307 cm³/mol. The van der Waals surface area contributed by atoms with Crippen LogP contribution in [0.15, 0.2) is 182 Å². The maximum absolute atomic E-state index is 13.9. The van der Waals surface area contributed by atoms with Gasteiger partial charge in [0.15, 0.2) is 13.1 Å². The van der Waals surface area contributed by atoms with Gasteiger partial charge in [-0.25, -0.2) is 18.0 Å². The third-order valence-corrected chi connectivity index (χ3v) is 21.2. The largest absolute Gasteiger partial charge is 0.490 e. The summed E-state index contributed by atoms with van der Waals surface area (Å²) in [5, 5.41) is 16.5. The molecule has 2 aliphatic heterocycles. The van der Waals surface area contributed by atoms with Crippen LogP contribution in [0, 0.1) is 17.2 Å². The summed E-state index contributed by atoms with van der Waals surface area (Å²) in [5.41, 5.74) is 0.666. The Hall–Kier alpha value is -7.45. The van der Waals surface area contributed by atoms with Gasteiger partial charge in [0.25, 0.3) is 0 Å². The summed E-state index contributed by atoms with van der Waals surface area (Å²) in [6.45, 7) is 7.31. The summed E-state index contributed by atoms with van der Waals surface area (Å²) < 4.78 is 77.4. The molecule has 14 nitrogen and oxygen atoms in total. The number of methoxy groups -OCH3 is 2. The van der Waals surface area contributed by atoms with E-state index in [2.05, 4.69) is 0 Å². The number of hydrogen-bond acceptors (Lipinski definition) is 12. The second kappa shape index (κ2) is 30.9. The van der Waals surface area contributed by atoms with Crippen LogP contribution >= 0.6 is 0 Å². The Bertz CT molecular complexity index is 2920. The average Bonchev–Trinajstić information content (AvgIpc) is 4.33. The molecule has 0 aromatic heterocycles. The van der Waals surface area contributed by atoms with E-state index in [1.54, 1.807) is 16.7 Å². The van der Waals surface area contributed by atoms with Gasteiger partial charge in [0.1, 0.15) is 18.7 Å².